The largest absolute Gasteiger partial charge is 0.466 e. The van der Waals surface area contributed by atoms with E-state index in [1.165, 1.54) is 0 Å². The van der Waals surface area contributed by atoms with E-state index in [0.29, 0.717) is 19.4 Å². The number of nitrogens with zero attached hydrogens (tertiary/aromatic N) is 3. The molecule has 19 heavy (non-hydrogen) atoms. The molecule has 0 spiro atoms. The highest BCUT2D eigenvalue weighted by Crippen LogP contribution is 2.41. The first-order chi connectivity index (χ1) is 8.96. The molecule has 106 valence electrons. The van der Waals surface area contributed by atoms with E-state index in [1.807, 2.05) is 13.8 Å². The lowest BCUT2D eigenvalue weighted by molar-refractivity contribution is -0.163. The summed E-state index contributed by atoms with van der Waals surface area (Å²) in [7, 11) is 0. The molecular formula is C12H19N3O4. The molecule has 1 aliphatic heterocycles. The third kappa shape index (κ3) is 3.00. The lowest BCUT2D eigenvalue weighted by atomic mass is 9.82. The zero-order valence-corrected chi connectivity index (χ0v) is 11.4. The third-order valence-electron chi connectivity index (χ3n) is 3.45. The third-order valence-corrected chi connectivity index (χ3v) is 3.45. The Morgan fingerprint density at radius 2 is 2.21 bits per heavy atom. The topological polar surface area (TPSA) is 93.5 Å². The van der Waals surface area contributed by atoms with Crippen LogP contribution in [-0.4, -0.2) is 36.6 Å². The van der Waals surface area contributed by atoms with Gasteiger partial charge < -0.3 is 14.2 Å². The van der Waals surface area contributed by atoms with Crippen molar-refractivity contribution in [2.75, 3.05) is 6.61 Å². The Labute approximate surface area is 111 Å². The van der Waals surface area contributed by atoms with Gasteiger partial charge in [-0.3, -0.25) is 4.79 Å². The minimum Gasteiger partial charge on any atom is -0.466 e. The lowest BCUT2D eigenvalue weighted by Crippen LogP contribution is -2.44. The van der Waals surface area contributed by atoms with Crippen LogP contribution in [0, 0.1) is 5.92 Å². The van der Waals surface area contributed by atoms with Gasteiger partial charge in [0.15, 0.2) is 5.79 Å². The zero-order chi connectivity index (χ0) is 14.0. The molecule has 1 saturated heterocycles. The van der Waals surface area contributed by atoms with Crippen LogP contribution in [0.4, 0.5) is 0 Å². The molecule has 1 saturated carbocycles. The molecule has 4 atom stereocenters. The van der Waals surface area contributed by atoms with Gasteiger partial charge in [0.25, 0.3) is 0 Å². The molecule has 2 rings (SSSR count). The molecule has 7 heteroatoms. The Balaban J connectivity index is 2.18. The van der Waals surface area contributed by atoms with Crippen LogP contribution in [0.15, 0.2) is 5.11 Å². The SMILES string of the molecule is CCOC(=O)C1C[C@H](N=[N+]=[N-])C[C@@H]2OC(C)(C)O[C@H]12. The van der Waals surface area contributed by atoms with Gasteiger partial charge in [0.05, 0.1) is 18.6 Å². The van der Waals surface area contributed by atoms with E-state index in [1.54, 1.807) is 6.92 Å². The van der Waals surface area contributed by atoms with Gasteiger partial charge in [0.1, 0.15) is 6.10 Å². The van der Waals surface area contributed by atoms with E-state index in [4.69, 9.17) is 19.7 Å². The van der Waals surface area contributed by atoms with E-state index in [0.717, 1.165) is 0 Å². The van der Waals surface area contributed by atoms with Crippen LogP contribution in [0.25, 0.3) is 10.4 Å². The molecule has 0 aromatic heterocycles. The normalized spacial score (nSPS) is 36.2. The van der Waals surface area contributed by atoms with Crippen LogP contribution in [-0.2, 0) is 19.0 Å². The highest BCUT2D eigenvalue weighted by Gasteiger charge is 2.51. The van der Waals surface area contributed by atoms with Crippen molar-refractivity contribution in [2.45, 2.75) is 57.6 Å². The second-order valence-corrected chi connectivity index (χ2v) is 5.33. The van der Waals surface area contributed by atoms with Gasteiger partial charge in [-0.05, 0) is 39.1 Å². The Bertz CT molecular complexity index is 406. The number of hydrogen-bond acceptors (Lipinski definition) is 5. The van der Waals surface area contributed by atoms with Crippen molar-refractivity contribution in [2.24, 2.45) is 11.0 Å². The number of ether oxygens (including phenoxy) is 3. The summed E-state index contributed by atoms with van der Waals surface area (Å²) in [5, 5.41) is 3.72. The summed E-state index contributed by atoms with van der Waals surface area (Å²) in [5.41, 5.74) is 8.56. The molecular weight excluding hydrogens is 250 g/mol. The van der Waals surface area contributed by atoms with E-state index < -0.39 is 11.7 Å². The zero-order valence-electron chi connectivity index (χ0n) is 11.4. The molecule has 1 unspecified atom stereocenters. The Hall–Kier alpha value is -1.30. The first kappa shape index (κ1) is 14.1. The smallest absolute Gasteiger partial charge is 0.311 e. The van der Waals surface area contributed by atoms with Crippen molar-refractivity contribution in [1.82, 2.24) is 0 Å². The molecule has 0 bridgehead atoms. The van der Waals surface area contributed by atoms with Crippen molar-refractivity contribution in [1.29, 1.82) is 0 Å². The predicted octanol–water partition coefficient (Wildman–Crippen LogP) is 2.16. The summed E-state index contributed by atoms with van der Waals surface area (Å²) < 4.78 is 16.7. The summed E-state index contributed by atoms with van der Waals surface area (Å²) in [6.07, 6.45) is 0.477. The molecule has 0 radical (unpaired) electrons. The Morgan fingerprint density at radius 3 is 2.84 bits per heavy atom. The maximum Gasteiger partial charge on any atom is 0.311 e. The molecule has 0 aromatic carbocycles. The maximum absolute atomic E-state index is 12.0. The number of hydrogen-bond donors (Lipinski definition) is 0. The van der Waals surface area contributed by atoms with Crippen molar-refractivity contribution < 1.29 is 19.0 Å². The quantitative estimate of drug-likeness (QED) is 0.339. The number of azide groups is 1. The lowest BCUT2D eigenvalue weighted by Gasteiger charge is -2.32. The monoisotopic (exact) mass is 269 g/mol. The van der Waals surface area contributed by atoms with Crippen molar-refractivity contribution in [3.05, 3.63) is 10.4 Å². The predicted molar refractivity (Wildman–Crippen MR) is 66.1 cm³/mol. The van der Waals surface area contributed by atoms with E-state index in [9.17, 15) is 4.79 Å². The number of fused-ring (bicyclic) bond motifs is 1. The minimum absolute atomic E-state index is 0.228. The van der Waals surface area contributed by atoms with Crippen LogP contribution in [0.2, 0.25) is 0 Å². The van der Waals surface area contributed by atoms with Crippen LogP contribution in [0.3, 0.4) is 0 Å². The molecule has 0 amide bonds. The van der Waals surface area contributed by atoms with Gasteiger partial charge >= 0.3 is 5.97 Å². The Morgan fingerprint density at radius 1 is 1.47 bits per heavy atom. The van der Waals surface area contributed by atoms with Crippen LogP contribution in [0.5, 0.6) is 0 Å². The molecule has 2 fully saturated rings. The van der Waals surface area contributed by atoms with Crippen LogP contribution >= 0.6 is 0 Å². The van der Waals surface area contributed by atoms with E-state index in [-0.39, 0.29) is 24.2 Å². The van der Waals surface area contributed by atoms with Crippen molar-refractivity contribution >= 4 is 5.97 Å². The molecule has 1 aliphatic carbocycles. The second kappa shape index (κ2) is 5.36. The number of carbonyl (C=O) groups excluding carboxylic acids is 1. The summed E-state index contributed by atoms with van der Waals surface area (Å²) in [5.74, 6) is -1.46. The van der Waals surface area contributed by atoms with Gasteiger partial charge in [-0.15, -0.1) is 0 Å². The average Bonchev–Trinajstić information content (AvgIpc) is 2.62. The van der Waals surface area contributed by atoms with Gasteiger partial charge in [-0.1, -0.05) is 5.11 Å². The van der Waals surface area contributed by atoms with E-state index >= 15 is 0 Å². The van der Waals surface area contributed by atoms with Crippen LogP contribution in [0.1, 0.15) is 33.6 Å². The fourth-order valence-electron chi connectivity index (χ4n) is 2.83. The average molecular weight is 269 g/mol. The highest BCUT2D eigenvalue weighted by atomic mass is 16.8. The van der Waals surface area contributed by atoms with Gasteiger partial charge in [0, 0.05) is 11.0 Å². The number of rotatable bonds is 3. The standard InChI is InChI=1S/C12H19N3O4/c1-4-17-11(16)8-5-7(14-15-13)6-9-10(8)19-12(2,3)18-9/h7-10H,4-6H2,1-3H3/t7-,8?,9-,10+/m0/s1. The first-order valence-electron chi connectivity index (χ1n) is 6.53. The fourth-order valence-corrected chi connectivity index (χ4v) is 2.83. The summed E-state index contributed by atoms with van der Waals surface area (Å²) in [6, 6.07) is -0.252. The van der Waals surface area contributed by atoms with Gasteiger partial charge in [-0.2, -0.15) is 0 Å². The highest BCUT2D eigenvalue weighted by molar-refractivity contribution is 5.73. The fraction of sp³-hybridized carbons (Fsp3) is 0.917. The minimum atomic E-state index is -0.717. The van der Waals surface area contributed by atoms with Gasteiger partial charge in [0.2, 0.25) is 0 Å². The number of carbonyl (C=O) groups is 1. The van der Waals surface area contributed by atoms with Gasteiger partial charge in [-0.25, -0.2) is 0 Å². The molecule has 7 nitrogen and oxygen atoms in total. The Kier molecular flexibility index (Phi) is 3.99. The molecule has 1 heterocycles. The first-order valence-corrected chi connectivity index (χ1v) is 6.53. The summed E-state index contributed by atoms with van der Waals surface area (Å²) in [6.45, 7) is 5.72. The number of esters is 1. The second-order valence-electron chi connectivity index (χ2n) is 5.33. The molecule has 0 N–H and O–H groups in total. The van der Waals surface area contributed by atoms with Crippen molar-refractivity contribution in [3.8, 4) is 0 Å². The molecule has 2 aliphatic rings. The van der Waals surface area contributed by atoms with E-state index in [2.05, 4.69) is 10.0 Å². The van der Waals surface area contributed by atoms with Crippen molar-refractivity contribution in [3.63, 3.8) is 0 Å². The van der Waals surface area contributed by atoms with Crippen LogP contribution < -0.4 is 0 Å². The summed E-state index contributed by atoms with van der Waals surface area (Å²) >= 11 is 0. The molecule has 0 aromatic rings. The summed E-state index contributed by atoms with van der Waals surface area (Å²) in [4.78, 5) is 14.8. The maximum atomic E-state index is 12.0.